The van der Waals surface area contributed by atoms with Crippen molar-refractivity contribution in [2.24, 2.45) is 0 Å². The smallest absolute Gasteiger partial charge is 0.314 e. The van der Waals surface area contributed by atoms with Gasteiger partial charge in [0.2, 0.25) is 0 Å². The van der Waals surface area contributed by atoms with Gasteiger partial charge in [-0.05, 0) is 5.56 Å². The van der Waals surface area contributed by atoms with Crippen LogP contribution < -0.4 is 16.4 Å². The molecule has 20 heavy (non-hydrogen) atoms. The zero-order valence-corrected chi connectivity index (χ0v) is 11.5. The fourth-order valence-corrected chi connectivity index (χ4v) is 1.88. The first-order valence-corrected chi connectivity index (χ1v) is 6.50. The summed E-state index contributed by atoms with van der Waals surface area (Å²) in [6, 6.07) is 11.7. The van der Waals surface area contributed by atoms with E-state index in [1.807, 2.05) is 36.4 Å². The average molecular weight is 273 g/mol. The van der Waals surface area contributed by atoms with Crippen molar-refractivity contribution >= 4 is 11.8 Å². The monoisotopic (exact) mass is 273 g/mol. The Kier molecular flexibility index (Phi) is 4.60. The van der Waals surface area contributed by atoms with Gasteiger partial charge in [0.15, 0.2) is 0 Å². The predicted molar refractivity (Wildman–Crippen MR) is 78.3 cm³/mol. The van der Waals surface area contributed by atoms with E-state index in [0.717, 1.165) is 11.3 Å². The second kappa shape index (κ2) is 6.60. The molecule has 0 saturated heterocycles. The van der Waals surface area contributed by atoms with Gasteiger partial charge in [-0.1, -0.05) is 30.3 Å². The highest BCUT2D eigenvalue weighted by Gasteiger charge is 2.06. The molecule has 0 saturated carbocycles. The highest BCUT2D eigenvalue weighted by molar-refractivity contribution is 5.73. The Hall–Kier alpha value is -2.50. The number of nitrogens with zero attached hydrogens (tertiary/aromatic N) is 2. The van der Waals surface area contributed by atoms with E-state index in [2.05, 4.69) is 15.7 Å². The van der Waals surface area contributed by atoms with Crippen LogP contribution in [0.4, 0.5) is 10.6 Å². The van der Waals surface area contributed by atoms with E-state index in [-0.39, 0.29) is 6.03 Å². The first kappa shape index (κ1) is 13.9. The summed E-state index contributed by atoms with van der Waals surface area (Å²) in [5.74, 6) is 0.629. The standard InChI is InChI=1S/C14H19N5O/c1-16-14(20)17-8-7-12-9-13(15)19(18-12)10-11-5-3-2-4-6-11/h2-6,9H,7-8,10,15H2,1H3,(H2,16,17,20). The van der Waals surface area contributed by atoms with E-state index >= 15 is 0 Å². The van der Waals surface area contributed by atoms with Crippen LogP contribution in [-0.2, 0) is 13.0 Å². The van der Waals surface area contributed by atoms with E-state index < -0.39 is 0 Å². The van der Waals surface area contributed by atoms with Crippen LogP contribution in [0.15, 0.2) is 36.4 Å². The summed E-state index contributed by atoms with van der Waals surface area (Å²) in [4.78, 5) is 11.0. The van der Waals surface area contributed by atoms with Crippen molar-refractivity contribution in [2.45, 2.75) is 13.0 Å². The lowest BCUT2D eigenvalue weighted by molar-refractivity contribution is 0.243. The molecular formula is C14H19N5O. The van der Waals surface area contributed by atoms with Crippen LogP contribution in [0.1, 0.15) is 11.3 Å². The minimum Gasteiger partial charge on any atom is -0.384 e. The van der Waals surface area contributed by atoms with Gasteiger partial charge in [0.05, 0.1) is 12.2 Å². The van der Waals surface area contributed by atoms with Crippen LogP contribution in [0.3, 0.4) is 0 Å². The van der Waals surface area contributed by atoms with Crippen molar-refractivity contribution in [1.29, 1.82) is 0 Å². The van der Waals surface area contributed by atoms with Crippen molar-refractivity contribution in [1.82, 2.24) is 20.4 Å². The molecule has 6 heteroatoms. The fraction of sp³-hybridized carbons (Fsp3) is 0.286. The van der Waals surface area contributed by atoms with Gasteiger partial charge in [-0.2, -0.15) is 5.10 Å². The van der Waals surface area contributed by atoms with Gasteiger partial charge in [0, 0.05) is 26.1 Å². The third-order valence-electron chi connectivity index (χ3n) is 2.93. The molecule has 0 radical (unpaired) electrons. The number of rotatable bonds is 5. The maximum absolute atomic E-state index is 11.0. The number of nitrogens with two attached hydrogens (primary N) is 1. The van der Waals surface area contributed by atoms with Gasteiger partial charge in [-0.25, -0.2) is 9.48 Å². The number of carbonyl (C=O) groups is 1. The molecule has 1 aromatic carbocycles. The van der Waals surface area contributed by atoms with E-state index in [1.54, 1.807) is 11.7 Å². The molecular weight excluding hydrogens is 254 g/mol. The molecule has 0 atom stereocenters. The molecule has 0 aliphatic heterocycles. The first-order valence-electron chi connectivity index (χ1n) is 6.50. The molecule has 1 aromatic heterocycles. The topological polar surface area (TPSA) is 85.0 Å². The number of hydrogen-bond acceptors (Lipinski definition) is 3. The van der Waals surface area contributed by atoms with Gasteiger partial charge in [-0.15, -0.1) is 0 Å². The number of nitrogens with one attached hydrogen (secondary N) is 2. The van der Waals surface area contributed by atoms with E-state index in [0.29, 0.717) is 25.3 Å². The average Bonchev–Trinajstić information content (AvgIpc) is 2.80. The Morgan fingerprint density at radius 2 is 2.10 bits per heavy atom. The number of benzene rings is 1. The maximum Gasteiger partial charge on any atom is 0.314 e. The summed E-state index contributed by atoms with van der Waals surface area (Å²) in [6.07, 6.45) is 0.652. The zero-order chi connectivity index (χ0) is 14.4. The fourth-order valence-electron chi connectivity index (χ4n) is 1.88. The van der Waals surface area contributed by atoms with Crippen LogP contribution in [0.2, 0.25) is 0 Å². The van der Waals surface area contributed by atoms with Gasteiger partial charge < -0.3 is 16.4 Å². The number of carbonyl (C=O) groups excluding carboxylic acids is 1. The van der Waals surface area contributed by atoms with Crippen LogP contribution in [-0.4, -0.2) is 29.4 Å². The summed E-state index contributed by atoms with van der Waals surface area (Å²) in [5.41, 5.74) is 7.97. The van der Waals surface area contributed by atoms with Crippen LogP contribution >= 0.6 is 0 Å². The second-order valence-corrected chi connectivity index (χ2v) is 4.46. The van der Waals surface area contributed by atoms with Crippen LogP contribution in [0, 0.1) is 0 Å². The highest BCUT2D eigenvalue weighted by Crippen LogP contribution is 2.10. The summed E-state index contributed by atoms with van der Waals surface area (Å²) in [7, 11) is 1.59. The molecule has 106 valence electrons. The number of nitrogen functional groups attached to an aromatic ring is 1. The zero-order valence-electron chi connectivity index (χ0n) is 11.5. The quantitative estimate of drug-likeness (QED) is 0.759. The lowest BCUT2D eigenvalue weighted by Gasteiger charge is -2.04. The normalized spacial score (nSPS) is 10.2. The van der Waals surface area contributed by atoms with Crippen molar-refractivity contribution in [2.75, 3.05) is 19.3 Å². The predicted octanol–water partition coefficient (Wildman–Crippen LogP) is 0.985. The molecule has 0 fully saturated rings. The lowest BCUT2D eigenvalue weighted by atomic mass is 10.2. The Bertz CT molecular complexity index is 564. The molecule has 0 bridgehead atoms. The molecule has 2 rings (SSSR count). The van der Waals surface area contributed by atoms with Gasteiger partial charge in [0.1, 0.15) is 5.82 Å². The molecule has 2 amide bonds. The van der Waals surface area contributed by atoms with Gasteiger partial charge >= 0.3 is 6.03 Å². The first-order chi connectivity index (χ1) is 9.69. The van der Waals surface area contributed by atoms with Crippen molar-refractivity contribution in [3.8, 4) is 0 Å². The summed E-state index contributed by atoms with van der Waals surface area (Å²) >= 11 is 0. The lowest BCUT2D eigenvalue weighted by Crippen LogP contribution is -2.34. The molecule has 6 nitrogen and oxygen atoms in total. The number of hydrogen-bond donors (Lipinski definition) is 3. The number of anilines is 1. The number of urea groups is 1. The van der Waals surface area contributed by atoms with Gasteiger partial charge in [0.25, 0.3) is 0 Å². The van der Waals surface area contributed by atoms with E-state index in [1.165, 1.54) is 0 Å². The van der Waals surface area contributed by atoms with Crippen LogP contribution in [0.25, 0.3) is 0 Å². The summed E-state index contributed by atoms with van der Waals surface area (Å²) in [6.45, 7) is 1.18. The molecule has 0 aliphatic rings. The number of aromatic nitrogens is 2. The Morgan fingerprint density at radius 1 is 1.35 bits per heavy atom. The SMILES string of the molecule is CNC(=O)NCCc1cc(N)n(Cc2ccccc2)n1. The largest absolute Gasteiger partial charge is 0.384 e. The number of amides is 2. The summed E-state index contributed by atoms with van der Waals surface area (Å²) < 4.78 is 1.77. The molecule has 2 aromatic rings. The van der Waals surface area contributed by atoms with Crippen molar-refractivity contribution < 1.29 is 4.79 Å². The molecule has 0 unspecified atom stereocenters. The third-order valence-corrected chi connectivity index (χ3v) is 2.93. The Balaban J connectivity index is 1.94. The molecule has 0 aliphatic carbocycles. The minimum absolute atomic E-state index is 0.193. The minimum atomic E-state index is -0.193. The van der Waals surface area contributed by atoms with Crippen LogP contribution in [0.5, 0.6) is 0 Å². The highest BCUT2D eigenvalue weighted by atomic mass is 16.2. The Morgan fingerprint density at radius 3 is 2.80 bits per heavy atom. The summed E-state index contributed by atoms with van der Waals surface area (Å²) in [5, 5.41) is 9.67. The Labute approximate surface area is 118 Å². The third kappa shape index (κ3) is 3.74. The maximum atomic E-state index is 11.0. The van der Waals surface area contributed by atoms with E-state index in [4.69, 9.17) is 5.73 Å². The molecule has 4 N–H and O–H groups in total. The molecule has 0 spiro atoms. The van der Waals surface area contributed by atoms with Crippen molar-refractivity contribution in [3.63, 3.8) is 0 Å². The molecule has 1 heterocycles. The van der Waals surface area contributed by atoms with E-state index in [9.17, 15) is 4.79 Å². The van der Waals surface area contributed by atoms with Crippen molar-refractivity contribution in [3.05, 3.63) is 47.7 Å². The second-order valence-electron chi connectivity index (χ2n) is 4.46. The van der Waals surface area contributed by atoms with Gasteiger partial charge in [-0.3, -0.25) is 0 Å².